The van der Waals surface area contributed by atoms with Gasteiger partial charge in [-0.05, 0) is 61.3 Å². The SMILES string of the molecule is CN1CCC(c2ccc(CC(=O)c3ccc(Cl)cc3)cc2)C1. The second kappa shape index (κ2) is 6.64. The summed E-state index contributed by atoms with van der Waals surface area (Å²) in [4.78, 5) is 14.6. The van der Waals surface area contributed by atoms with E-state index in [0.29, 0.717) is 22.9 Å². The molecule has 0 aliphatic carbocycles. The van der Waals surface area contributed by atoms with Gasteiger partial charge in [0.15, 0.2) is 5.78 Å². The average Bonchev–Trinajstić information content (AvgIpc) is 2.95. The summed E-state index contributed by atoms with van der Waals surface area (Å²) in [6.45, 7) is 2.30. The number of benzene rings is 2. The first kappa shape index (κ1) is 15.3. The summed E-state index contributed by atoms with van der Waals surface area (Å²) in [5.41, 5.74) is 3.16. The van der Waals surface area contributed by atoms with Crippen molar-refractivity contribution >= 4 is 17.4 Å². The summed E-state index contributed by atoms with van der Waals surface area (Å²) in [5, 5.41) is 0.655. The number of nitrogens with zero attached hydrogens (tertiary/aromatic N) is 1. The third-order valence-corrected chi connectivity index (χ3v) is 4.63. The minimum Gasteiger partial charge on any atom is -0.306 e. The highest BCUT2D eigenvalue weighted by molar-refractivity contribution is 6.30. The number of Topliss-reactive ketones (excluding diaryl/α,β-unsaturated/α-hetero) is 1. The predicted octanol–water partition coefficient (Wildman–Crippen LogP) is 4.18. The average molecular weight is 314 g/mol. The van der Waals surface area contributed by atoms with Crippen molar-refractivity contribution in [1.29, 1.82) is 0 Å². The largest absolute Gasteiger partial charge is 0.306 e. The Balaban J connectivity index is 1.65. The Morgan fingerprint density at radius 2 is 1.82 bits per heavy atom. The highest BCUT2D eigenvalue weighted by Gasteiger charge is 2.20. The topological polar surface area (TPSA) is 20.3 Å². The summed E-state index contributed by atoms with van der Waals surface area (Å²) in [5.74, 6) is 0.760. The van der Waals surface area contributed by atoms with Crippen LogP contribution >= 0.6 is 11.6 Å². The minimum atomic E-state index is 0.130. The molecule has 0 spiro atoms. The van der Waals surface area contributed by atoms with Crippen LogP contribution in [0.5, 0.6) is 0 Å². The first-order chi connectivity index (χ1) is 10.6. The van der Waals surface area contributed by atoms with Crippen LogP contribution in [-0.2, 0) is 6.42 Å². The van der Waals surface area contributed by atoms with E-state index in [-0.39, 0.29) is 5.78 Å². The van der Waals surface area contributed by atoms with Gasteiger partial charge in [-0.15, -0.1) is 0 Å². The Hall–Kier alpha value is -1.64. The van der Waals surface area contributed by atoms with Gasteiger partial charge in [0.1, 0.15) is 0 Å². The van der Waals surface area contributed by atoms with E-state index in [1.807, 2.05) is 0 Å². The van der Waals surface area contributed by atoms with Crippen molar-refractivity contribution in [3.05, 3.63) is 70.2 Å². The van der Waals surface area contributed by atoms with Gasteiger partial charge in [-0.25, -0.2) is 0 Å². The Morgan fingerprint density at radius 1 is 1.14 bits per heavy atom. The fraction of sp³-hybridized carbons (Fsp3) is 0.316. The van der Waals surface area contributed by atoms with Crippen LogP contribution in [0, 0.1) is 0 Å². The second-order valence-electron chi connectivity index (χ2n) is 6.10. The number of hydrogen-bond donors (Lipinski definition) is 0. The van der Waals surface area contributed by atoms with Crippen LogP contribution in [-0.4, -0.2) is 30.8 Å². The van der Waals surface area contributed by atoms with E-state index in [4.69, 9.17) is 11.6 Å². The Morgan fingerprint density at radius 3 is 2.41 bits per heavy atom. The maximum Gasteiger partial charge on any atom is 0.167 e. The van der Waals surface area contributed by atoms with Crippen LogP contribution < -0.4 is 0 Å². The quantitative estimate of drug-likeness (QED) is 0.789. The number of ketones is 1. The van der Waals surface area contributed by atoms with Gasteiger partial charge in [0.25, 0.3) is 0 Å². The number of carbonyl (C=O) groups is 1. The predicted molar refractivity (Wildman–Crippen MR) is 90.8 cm³/mol. The third kappa shape index (κ3) is 3.57. The zero-order chi connectivity index (χ0) is 15.5. The van der Waals surface area contributed by atoms with Crippen LogP contribution in [0.1, 0.15) is 33.8 Å². The van der Waals surface area contributed by atoms with Crippen molar-refractivity contribution in [3.8, 4) is 0 Å². The van der Waals surface area contributed by atoms with Crippen LogP contribution in [0.4, 0.5) is 0 Å². The van der Waals surface area contributed by atoms with E-state index in [2.05, 4.69) is 36.2 Å². The van der Waals surface area contributed by atoms with E-state index in [0.717, 1.165) is 12.1 Å². The molecule has 1 aliphatic rings. The maximum atomic E-state index is 12.3. The van der Waals surface area contributed by atoms with Crippen molar-refractivity contribution in [3.63, 3.8) is 0 Å². The number of likely N-dealkylation sites (N-methyl/N-ethyl adjacent to an activating group) is 1. The molecule has 1 unspecified atom stereocenters. The molecule has 0 N–H and O–H groups in total. The molecular formula is C19H20ClNO. The van der Waals surface area contributed by atoms with Crippen molar-refractivity contribution in [2.24, 2.45) is 0 Å². The van der Waals surface area contributed by atoms with Crippen LogP contribution in [0.15, 0.2) is 48.5 Å². The lowest BCUT2D eigenvalue weighted by Gasteiger charge is -2.11. The number of halogens is 1. The molecule has 1 fully saturated rings. The van der Waals surface area contributed by atoms with Crippen molar-refractivity contribution < 1.29 is 4.79 Å². The fourth-order valence-electron chi connectivity index (χ4n) is 3.04. The zero-order valence-electron chi connectivity index (χ0n) is 12.8. The molecular weight excluding hydrogens is 294 g/mol. The zero-order valence-corrected chi connectivity index (χ0v) is 13.5. The first-order valence-corrected chi connectivity index (χ1v) is 8.06. The van der Waals surface area contributed by atoms with E-state index in [1.165, 1.54) is 18.5 Å². The van der Waals surface area contributed by atoms with Crippen molar-refractivity contribution in [2.45, 2.75) is 18.8 Å². The summed E-state index contributed by atoms with van der Waals surface area (Å²) in [7, 11) is 2.17. The molecule has 0 saturated carbocycles. The summed E-state index contributed by atoms with van der Waals surface area (Å²) in [6, 6.07) is 15.6. The molecule has 2 aromatic rings. The van der Waals surface area contributed by atoms with E-state index in [1.54, 1.807) is 24.3 Å². The normalized spacial score (nSPS) is 18.5. The highest BCUT2D eigenvalue weighted by atomic mass is 35.5. The van der Waals surface area contributed by atoms with Crippen molar-refractivity contribution in [1.82, 2.24) is 4.90 Å². The molecule has 1 heterocycles. The second-order valence-corrected chi connectivity index (χ2v) is 6.53. The molecule has 1 saturated heterocycles. The molecule has 22 heavy (non-hydrogen) atoms. The molecule has 0 bridgehead atoms. The monoisotopic (exact) mass is 313 g/mol. The van der Waals surface area contributed by atoms with E-state index in [9.17, 15) is 4.79 Å². The van der Waals surface area contributed by atoms with Gasteiger partial charge in [0.05, 0.1) is 0 Å². The lowest BCUT2D eigenvalue weighted by molar-refractivity contribution is 0.0993. The molecule has 1 aliphatic heterocycles. The lowest BCUT2D eigenvalue weighted by atomic mass is 9.95. The molecule has 3 rings (SSSR count). The molecule has 1 atom stereocenters. The Kier molecular flexibility index (Phi) is 4.60. The van der Waals surface area contributed by atoms with Gasteiger partial charge in [-0.3, -0.25) is 4.79 Å². The molecule has 2 nitrogen and oxygen atoms in total. The van der Waals surface area contributed by atoms with Crippen LogP contribution in [0.3, 0.4) is 0 Å². The van der Waals surface area contributed by atoms with Crippen LogP contribution in [0.25, 0.3) is 0 Å². The standard InChI is InChI=1S/C19H20ClNO/c1-21-11-10-17(13-21)15-4-2-14(3-5-15)12-19(22)16-6-8-18(20)9-7-16/h2-9,17H,10-13H2,1H3. The maximum absolute atomic E-state index is 12.3. The molecule has 0 aromatic heterocycles. The van der Waals surface area contributed by atoms with Crippen molar-refractivity contribution in [2.75, 3.05) is 20.1 Å². The summed E-state index contributed by atoms with van der Waals surface area (Å²) >= 11 is 5.85. The van der Waals surface area contributed by atoms with Gasteiger partial charge in [0, 0.05) is 23.6 Å². The molecule has 114 valence electrons. The Bertz CT molecular complexity index is 648. The minimum absolute atomic E-state index is 0.130. The van der Waals surface area contributed by atoms with Gasteiger partial charge in [0.2, 0.25) is 0 Å². The van der Waals surface area contributed by atoms with Gasteiger partial charge < -0.3 is 4.90 Å². The smallest absolute Gasteiger partial charge is 0.167 e. The van der Waals surface area contributed by atoms with E-state index >= 15 is 0 Å². The highest BCUT2D eigenvalue weighted by Crippen LogP contribution is 2.26. The number of rotatable bonds is 4. The van der Waals surface area contributed by atoms with Gasteiger partial charge >= 0.3 is 0 Å². The molecule has 0 radical (unpaired) electrons. The summed E-state index contributed by atoms with van der Waals surface area (Å²) in [6.07, 6.45) is 1.66. The third-order valence-electron chi connectivity index (χ3n) is 4.37. The first-order valence-electron chi connectivity index (χ1n) is 7.68. The Labute approximate surface area is 136 Å². The number of hydrogen-bond acceptors (Lipinski definition) is 2. The molecule has 0 amide bonds. The fourth-order valence-corrected chi connectivity index (χ4v) is 3.16. The lowest BCUT2D eigenvalue weighted by Crippen LogP contribution is -2.13. The molecule has 2 aromatic carbocycles. The number of likely N-dealkylation sites (tertiary alicyclic amines) is 1. The van der Waals surface area contributed by atoms with Crippen LogP contribution in [0.2, 0.25) is 5.02 Å². The molecule has 3 heteroatoms. The van der Waals surface area contributed by atoms with Gasteiger partial charge in [-0.1, -0.05) is 35.9 Å². The number of carbonyl (C=O) groups excluding carboxylic acids is 1. The summed E-state index contributed by atoms with van der Waals surface area (Å²) < 4.78 is 0. The van der Waals surface area contributed by atoms with E-state index < -0.39 is 0 Å². The van der Waals surface area contributed by atoms with Gasteiger partial charge in [-0.2, -0.15) is 0 Å².